The van der Waals surface area contributed by atoms with Gasteiger partial charge >= 0.3 is 5.97 Å². The molecule has 0 saturated heterocycles. The Hall–Kier alpha value is -1.01. The standard InChI is InChI=1S/C8H8BrFN2O2/c9-4-1-5(8(10)12-3-4)6(11)2-7(13)14/h1,3,6H,2,11H2,(H,13,14). The van der Waals surface area contributed by atoms with Gasteiger partial charge in [0.1, 0.15) is 0 Å². The van der Waals surface area contributed by atoms with Gasteiger partial charge in [-0.05, 0) is 22.0 Å². The number of carboxylic acid groups (broad SMARTS) is 1. The van der Waals surface area contributed by atoms with Gasteiger partial charge in [0, 0.05) is 22.3 Å². The first kappa shape index (κ1) is 11.1. The first-order valence-corrected chi connectivity index (χ1v) is 4.58. The van der Waals surface area contributed by atoms with Crippen molar-refractivity contribution in [2.75, 3.05) is 0 Å². The van der Waals surface area contributed by atoms with Gasteiger partial charge in [-0.1, -0.05) is 0 Å². The second-order valence-corrected chi connectivity index (χ2v) is 3.65. The highest BCUT2D eigenvalue weighted by Gasteiger charge is 2.15. The van der Waals surface area contributed by atoms with Crippen molar-refractivity contribution in [2.24, 2.45) is 5.73 Å². The van der Waals surface area contributed by atoms with Crippen LogP contribution in [-0.4, -0.2) is 16.1 Å². The maximum atomic E-state index is 13.1. The number of aliphatic carboxylic acids is 1. The molecule has 0 amide bonds. The van der Waals surface area contributed by atoms with E-state index in [1.807, 2.05) is 0 Å². The SMILES string of the molecule is NC(CC(=O)O)c1cc(Br)cnc1F. The number of aromatic nitrogens is 1. The van der Waals surface area contributed by atoms with E-state index in [0.29, 0.717) is 4.47 Å². The van der Waals surface area contributed by atoms with Crippen LogP contribution in [-0.2, 0) is 4.79 Å². The van der Waals surface area contributed by atoms with Gasteiger partial charge in [0.15, 0.2) is 0 Å². The summed E-state index contributed by atoms with van der Waals surface area (Å²) in [6.45, 7) is 0. The van der Waals surface area contributed by atoms with Gasteiger partial charge in [-0.15, -0.1) is 0 Å². The molecular formula is C8H8BrFN2O2. The Kier molecular flexibility index (Phi) is 3.54. The minimum atomic E-state index is -1.07. The van der Waals surface area contributed by atoms with E-state index in [1.54, 1.807) is 0 Å². The number of carbonyl (C=O) groups is 1. The van der Waals surface area contributed by atoms with E-state index in [4.69, 9.17) is 10.8 Å². The summed E-state index contributed by atoms with van der Waals surface area (Å²) >= 11 is 3.10. The molecule has 0 aliphatic carbocycles. The van der Waals surface area contributed by atoms with Crippen molar-refractivity contribution < 1.29 is 14.3 Å². The molecule has 1 heterocycles. The Morgan fingerprint density at radius 2 is 2.43 bits per heavy atom. The van der Waals surface area contributed by atoms with Gasteiger partial charge in [-0.2, -0.15) is 4.39 Å². The number of carboxylic acids is 1. The lowest BCUT2D eigenvalue weighted by atomic mass is 10.1. The number of hydrogen-bond donors (Lipinski definition) is 2. The van der Waals surface area contributed by atoms with Crippen molar-refractivity contribution in [1.29, 1.82) is 0 Å². The lowest BCUT2D eigenvalue weighted by Crippen LogP contribution is -2.17. The van der Waals surface area contributed by atoms with Crippen molar-refractivity contribution in [3.8, 4) is 0 Å². The second kappa shape index (κ2) is 4.47. The number of rotatable bonds is 3. The van der Waals surface area contributed by atoms with E-state index in [2.05, 4.69) is 20.9 Å². The summed E-state index contributed by atoms with van der Waals surface area (Å²) in [6, 6.07) is 0.549. The van der Waals surface area contributed by atoms with E-state index in [-0.39, 0.29) is 12.0 Å². The molecule has 0 bridgehead atoms. The third-order valence-corrected chi connectivity index (χ3v) is 2.06. The predicted molar refractivity (Wildman–Crippen MR) is 51.1 cm³/mol. The van der Waals surface area contributed by atoms with Crippen LogP contribution in [0.4, 0.5) is 4.39 Å². The van der Waals surface area contributed by atoms with Gasteiger partial charge in [0.05, 0.1) is 6.42 Å². The molecule has 14 heavy (non-hydrogen) atoms. The zero-order valence-corrected chi connectivity index (χ0v) is 8.66. The summed E-state index contributed by atoms with van der Waals surface area (Å²) in [6.07, 6.45) is 0.960. The molecule has 1 unspecified atom stereocenters. The van der Waals surface area contributed by atoms with E-state index >= 15 is 0 Å². The van der Waals surface area contributed by atoms with Crippen LogP contribution in [0.25, 0.3) is 0 Å². The highest BCUT2D eigenvalue weighted by Crippen LogP contribution is 2.20. The fourth-order valence-corrected chi connectivity index (χ4v) is 1.35. The van der Waals surface area contributed by atoms with Crippen LogP contribution in [0.3, 0.4) is 0 Å². The molecule has 0 aliphatic rings. The largest absolute Gasteiger partial charge is 0.481 e. The molecule has 6 heteroatoms. The summed E-state index contributed by atoms with van der Waals surface area (Å²) in [7, 11) is 0. The Bertz CT molecular complexity index is 359. The zero-order valence-electron chi connectivity index (χ0n) is 7.08. The van der Waals surface area contributed by atoms with Crippen LogP contribution in [0.15, 0.2) is 16.7 Å². The lowest BCUT2D eigenvalue weighted by Gasteiger charge is -2.09. The monoisotopic (exact) mass is 262 g/mol. The summed E-state index contributed by atoms with van der Waals surface area (Å²) in [5, 5.41) is 8.47. The molecule has 0 aromatic carbocycles. The highest BCUT2D eigenvalue weighted by molar-refractivity contribution is 9.10. The Morgan fingerprint density at radius 1 is 1.79 bits per heavy atom. The maximum absolute atomic E-state index is 13.1. The molecule has 0 saturated carbocycles. The molecule has 0 radical (unpaired) electrons. The van der Waals surface area contributed by atoms with Crippen LogP contribution in [0.1, 0.15) is 18.0 Å². The van der Waals surface area contributed by atoms with E-state index < -0.39 is 18.0 Å². The molecule has 4 nitrogen and oxygen atoms in total. The Morgan fingerprint density at radius 3 is 3.00 bits per heavy atom. The first-order valence-electron chi connectivity index (χ1n) is 3.79. The van der Waals surface area contributed by atoms with Crippen molar-refractivity contribution in [3.05, 3.63) is 28.2 Å². The fourth-order valence-electron chi connectivity index (χ4n) is 0.996. The minimum absolute atomic E-state index is 0.0989. The van der Waals surface area contributed by atoms with Crippen molar-refractivity contribution in [3.63, 3.8) is 0 Å². The van der Waals surface area contributed by atoms with Crippen LogP contribution in [0, 0.1) is 5.95 Å². The first-order chi connectivity index (χ1) is 6.50. The number of pyridine rings is 1. The predicted octanol–water partition coefficient (Wildman–Crippen LogP) is 1.46. The normalized spacial score (nSPS) is 12.5. The van der Waals surface area contributed by atoms with Gasteiger partial charge in [0.25, 0.3) is 0 Å². The molecular weight excluding hydrogens is 255 g/mol. The van der Waals surface area contributed by atoms with E-state index in [1.165, 1.54) is 12.3 Å². The molecule has 1 atom stereocenters. The van der Waals surface area contributed by atoms with Crippen molar-refractivity contribution >= 4 is 21.9 Å². The topological polar surface area (TPSA) is 76.2 Å². The van der Waals surface area contributed by atoms with Crippen molar-refractivity contribution in [2.45, 2.75) is 12.5 Å². The van der Waals surface area contributed by atoms with Gasteiger partial charge in [-0.25, -0.2) is 4.98 Å². The van der Waals surface area contributed by atoms with E-state index in [9.17, 15) is 9.18 Å². The van der Waals surface area contributed by atoms with Crippen LogP contribution >= 0.6 is 15.9 Å². The molecule has 3 N–H and O–H groups in total. The third kappa shape index (κ3) is 2.74. The lowest BCUT2D eigenvalue weighted by molar-refractivity contribution is -0.137. The molecule has 0 aliphatic heterocycles. The summed E-state index contributed by atoms with van der Waals surface area (Å²) in [5.74, 6) is -1.81. The molecule has 76 valence electrons. The quantitative estimate of drug-likeness (QED) is 0.809. The van der Waals surface area contributed by atoms with Gasteiger partial charge in [-0.3, -0.25) is 4.79 Å². The van der Waals surface area contributed by atoms with Crippen LogP contribution in [0.5, 0.6) is 0 Å². The number of nitrogens with zero attached hydrogens (tertiary/aromatic N) is 1. The third-order valence-electron chi connectivity index (χ3n) is 1.63. The summed E-state index contributed by atoms with van der Waals surface area (Å²) in [5.41, 5.74) is 5.58. The number of hydrogen-bond acceptors (Lipinski definition) is 3. The van der Waals surface area contributed by atoms with Crippen LogP contribution in [0.2, 0.25) is 0 Å². The average molecular weight is 263 g/mol. The molecule has 1 aromatic rings. The number of nitrogens with two attached hydrogens (primary N) is 1. The Labute approximate surface area is 88.1 Å². The Balaban J connectivity index is 2.93. The maximum Gasteiger partial charge on any atom is 0.305 e. The van der Waals surface area contributed by atoms with Crippen molar-refractivity contribution in [1.82, 2.24) is 4.98 Å². The average Bonchev–Trinajstić information content (AvgIpc) is 2.08. The minimum Gasteiger partial charge on any atom is -0.481 e. The van der Waals surface area contributed by atoms with Gasteiger partial charge in [0.2, 0.25) is 5.95 Å². The summed E-state index contributed by atoms with van der Waals surface area (Å²) in [4.78, 5) is 13.8. The number of halogens is 2. The smallest absolute Gasteiger partial charge is 0.305 e. The highest BCUT2D eigenvalue weighted by atomic mass is 79.9. The fraction of sp³-hybridized carbons (Fsp3) is 0.250. The van der Waals surface area contributed by atoms with Gasteiger partial charge < -0.3 is 10.8 Å². The molecule has 1 rings (SSSR count). The van der Waals surface area contributed by atoms with Crippen LogP contribution < -0.4 is 5.73 Å². The molecule has 1 aromatic heterocycles. The summed E-state index contributed by atoms with van der Waals surface area (Å²) < 4.78 is 13.6. The second-order valence-electron chi connectivity index (χ2n) is 2.74. The molecule has 0 spiro atoms. The molecule has 0 fully saturated rings. The zero-order chi connectivity index (χ0) is 10.7. The van der Waals surface area contributed by atoms with E-state index in [0.717, 1.165) is 0 Å².